The molecular weight excluding hydrogens is 304 g/mol. The van der Waals surface area contributed by atoms with Crippen molar-refractivity contribution in [3.63, 3.8) is 0 Å². The minimum absolute atomic E-state index is 0.161. The average Bonchev–Trinajstić information content (AvgIpc) is 3.13. The highest BCUT2D eigenvalue weighted by molar-refractivity contribution is 7.91. The highest BCUT2D eigenvalue weighted by Gasteiger charge is 2.27. The fourth-order valence-corrected chi connectivity index (χ4v) is 4.29. The van der Waals surface area contributed by atoms with Crippen molar-refractivity contribution in [1.82, 2.24) is 19.1 Å². The molecule has 0 amide bonds. The Kier molecular flexibility index (Phi) is 4.30. The molecule has 0 spiro atoms. The molecule has 2 aromatic rings. The molecule has 1 fully saturated rings. The first-order chi connectivity index (χ1) is 10.6. The van der Waals surface area contributed by atoms with Crippen LogP contribution < -0.4 is 0 Å². The third-order valence-electron chi connectivity index (χ3n) is 4.04. The standard InChI is InChI=1S/C14H20N4O3S/c1-21-9-8-17-6-4-15-13(17)14-16-5-7-18(14)12-2-10-22(19,20)11-3-12/h4-7,12H,2-3,8-11H2,1H3. The van der Waals surface area contributed by atoms with Gasteiger partial charge in [0.05, 0.1) is 18.1 Å². The number of hydrogen-bond donors (Lipinski definition) is 0. The molecule has 1 aliphatic rings. The highest BCUT2D eigenvalue weighted by atomic mass is 32.2. The number of rotatable bonds is 5. The van der Waals surface area contributed by atoms with E-state index in [9.17, 15) is 8.42 Å². The van der Waals surface area contributed by atoms with Crippen LogP contribution in [-0.2, 0) is 21.1 Å². The predicted octanol–water partition coefficient (Wildman–Crippen LogP) is 1.14. The Hall–Kier alpha value is -1.67. The Morgan fingerprint density at radius 1 is 1.18 bits per heavy atom. The van der Waals surface area contributed by atoms with Gasteiger partial charge in [-0.25, -0.2) is 18.4 Å². The second-order valence-corrected chi connectivity index (χ2v) is 7.78. The molecule has 0 aromatic carbocycles. The maximum Gasteiger partial charge on any atom is 0.176 e. The number of imidazole rings is 2. The lowest BCUT2D eigenvalue weighted by Gasteiger charge is -2.24. The van der Waals surface area contributed by atoms with E-state index in [-0.39, 0.29) is 17.5 Å². The van der Waals surface area contributed by atoms with Crippen molar-refractivity contribution in [2.75, 3.05) is 25.2 Å². The zero-order chi connectivity index (χ0) is 15.6. The Labute approximate surface area is 129 Å². The van der Waals surface area contributed by atoms with E-state index >= 15 is 0 Å². The Balaban J connectivity index is 1.85. The first-order valence-corrected chi connectivity index (χ1v) is 9.16. The third-order valence-corrected chi connectivity index (χ3v) is 5.75. The van der Waals surface area contributed by atoms with Gasteiger partial charge < -0.3 is 13.9 Å². The van der Waals surface area contributed by atoms with Gasteiger partial charge in [0.1, 0.15) is 9.84 Å². The summed E-state index contributed by atoms with van der Waals surface area (Å²) in [6.45, 7) is 1.31. The van der Waals surface area contributed by atoms with Crippen LogP contribution in [0.4, 0.5) is 0 Å². The minimum atomic E-state index is -2.86. The summed E-state index contributed by atoms with van der Waals surface area (Å²) < 4.78 is 32.4. The van der Waals surface area contributed by atoms with Crippen molar-refractivity contribution < 1.29 is 13.2 Å². The van der Waals surface area contributed by atoms with Crippen LogP contribution in [0, 0.1) is 0 Å². The molecule has 22 heavy (non-hydrogen) atoms. The summed E-state index contributed by atoms with van der Waals surface area (Å²) in [6, 6.07) is 0.161. The van der Waals surface area contributed by atoms with Gasteiger partial charge in [0.2, 0.25) is 0 Å². The summed E-state index contributed by atoms with van der Waals surface area (Å²) in [5, 5.41) is 0. The van der Waals surface area contributed by atoms with Crippen molar-refractivity contribution in [3.8, 4) is 11.6 Å². The van der Waals surface area contributed by atoms with Gasteiger partial charge in [0.15, 0.2) is 11.6 Å². The lowest BCUT2D eigenvalue weighted by molar-refractivity contribution is 0.187. The van der Waals surface area contributed by atoms with Crippen LogP contribution >= 0.6 is 0 Å². The molecule has 0 bridgehead atoms. The highest BCUT2D eigenvalue weighted by Crippen LogP contribution is 2.28. The van der Waals surface area contributed by atoms with Gasteiger partial charge >= 0.3 is 0 Å². The van der Waals surface area contributed by atoms with E-state index in [1.807, 2.05) is 17.0 Å². The second-order valence-electron chi connectivity index (χ2n) is 5.48. The number of aromatic nitrogens is 4. The zero-order valence-electron chi connectivity index (χ0n) is 12.6. The van der Waals surface area contributed by atoms with Crippen LogP contribution in [0.15, 0.2) is 24.8 Å². The topological polar surface area (TPSA) is 79.0 Å². The van der Waals surface area contributed by atoms with Gasteiger partial charge in [-0.3, -0.25) is 0 Å². The largest absolute Gasteiger partial charge is 0.383 e. The monoisotopic (exact) mass is 324 g/mol. The quantitative estimate of drug-likeness (QED) is 0.824. The van der Waals surface area contributed by atoms with Gasteiger partial charge in [-0.05, 0) is 12.8 Å². The van der Waals surface area contributed by atoms with Gasteiger partial charge in [-0.15, -0.1) is 0 Å². The average molecular weight is 324 g/mol. The van der Waals surface area contributed by atoms with Crippen molar-refractivity contribution in [2.45, 2.75) is 25.4 Å². The van der Waals surface area contributed by atoms with Crippen LogP contribution in [0.5, 0.6) is 0 Å². The molecule has 8 heteroatoms. The van der Waals surface area contributed by atoms with Gasteiger partial charge in [-0.2, -0.15) is 0 Å². The van der Waals surface area contributed by atoms with Crippen LogP contribution in [0.25, 0.3) is 11.6 Å². The molecule has 3 rings (SSSR count). The maximum absolute atomic E-state index is 11.6. The van der Waals surface area contributed by atoms with Crippen molar-refractivity contribution >= 4 is 9.84 Å². The molecule has 0 saturated carbocycles. The van der Waals surface area contributed by atoms with E-state index in [0.717, 1.165) is 11.6 Å². The zero-order valence-corrected chi connectivity index (χ0v) is 13.4. The van der Waals surface area contributed by atoms with Gasteiger partial charge in [0.25, 0.3) is 0 Å². The number of nitrogens with zero attached hydrogens (tertiary/aromatic N) is 4. The van der Waals surface area contributed by atoms with E-state index in [1.165, 1.54) is 0 Å². The smallest absolute Gasteiger partial charge is 0.176 e. The van der Waals surface area contributed by atoms with Crippen molar-refractivity contribution in [1.29, 1.82) is 0 Å². The van der Waals surface area contributed by atoms with Crippen LogP contribution in [0.2, 0.25) is 0 Å². The SMILES string of the molecule is COCCn1ccnc1-c1nccn1C1CCS(=O)(=O)CC1. The molecule has 7 nitrogen and oxygen atoms in total. The van der Waals surface area contributed by atoms with E-state index in [2.05, 4.69) is 14.5 Å². The lowest BCUT2D eigenvalue weighted by atomic mass is 10.1. The molecule has 0 aliphatic carbocycles. The molecule has 2 aromatic heterocycles. The summed E-state index contributed by atoms with van der Waals surface area (Å²) in [5.74, 6) is 2.06. The fraction of sp³-hybridized carbons (Fsp3) is 0.571. The van der Waals surface area contributed by atoms with E-state index in [0.29, 0.717) is 26.0 Å². The number of hydrogen-bond acceptors (Lipinski definition) is 5. The van der Waals surface area contributed by atoms with E-state index in [1.54, 1.807) is 19.5 Å². The number of ether oxygens (including phenoxy) is 1. The van der Waals surface area contributed by atoms with Crippen LogP contribution in [0.3, 0.4) is 0 Å². The Bertz CT molecular complexity index is 721. The molecule has 1 saturated heterocycles. The summed E-state index contributed by atoms with van der Waals surface area (Å²) in [6.07, 6.45) is 8.56. The summed E-state index contributed by atoms with van der Waals surface area (Å²) in [4.78, 5) is 8.83. The predicted molar refractivity (Wildman–Crippen MR) is 82.2 cm³/mol. The summed E-state index contributed by atoms with van der Waals surface area (Å²) in [5.41, 5.74) is 0. The first kappa shape index (κ1) is 15.2. The van der Waals surface area contributed by atoms with Gasteiger partial charge in [0, 0.05) is 44.5 Å². The van der Waals surface area contributed by atoms with Crippen LogP contribution in [0.1, 0.15) is 18.9 Å². The molecule has 0 unspecified atom stereocenters. The van der Waals surface area contributed by atoms with Crippen molar-refractivity contribution in [3.05, 3.63) is 24.8 Å². The Morgan fingerprint density at radius 2 is 1.86 bits per heavy atom. The summed E-state index contributed by atoms with van der Waals surface area (Å²) >= 11 is 0. The lowest BCUT2D eigenvalue weighted by Crippen LogP contribution is -2.26. The third kappa shape index (κ3) is 3.07. The normalized spacial score (nSPS) is 18.6. The number of sulfone groups is 1. The molecule has 3 heterocycles. The first-order valence-electron chi connectivity index (χ1n) is 7.34. The summed E-state index contributed by atoms with van der Waals surface area (Å²) in [7, 11) is -1.20. The second kappa shape index (κ2) is 6.21. The Morgan fingerprint density at radius 3 is 2.59 bits per heavy atom. The van der Waals surface area contributed by atoms with Gasteiger partial charge in [-0.1, -0.05) is 0 Å². The van der Waals surface area contributed by atoms with Crippen LogP contribution in [-0.4, -0.2) is 52.7 Å². The number of methoxy groups -OCH3 is 1. The van der Waals surface area contributed by atoms with E-state index < -0.39 is 9.84 Å². The molecule has 1 aliphatic heterocycles. The minimum Gasteiger partial charge on any atom is -0.383 e. The fourth-order valence-electron chi connectivity index (χ4n) is 2.82. The van der Waals surface area contributed by atoms with Crippen molar-refractivity contribution in [2.24, 2.45) is 0 Å². The molecule has 0 atom stereocenters. The molecule has 0 radical (unpaired) electrons. The molecule has 120 valence electrons. The maximum atomic E-state index is 11.6. The van der Waals surface area contributed by atoms with E-state index in [4.69, 9.17) is 4.74 Å². The molecule has 0 N–H and O–H groups in total. The molecular formula is C14H20N4O3S.